The number of carbonyl (C=O) groups is 2. The van der Waals surface area contributed by atoms with Crippen LogP contribution in [0, 0.1) is 0 Å². The van der Waals surface area contributed by atoms with Gasteiger partial charge in [0.2, 0.25) is 5.91 Å². The molecule has 0 saturated heterocycles. The lowest BCUT2D eigenvalue weighted by atomic mass is 10.2. The predicted octanol–water partition coefficient (Wildman–Crippen LogP) is 2.50. The van der Waals surface area contributed by atoms with E-state index >= 15 is 0 Å². The van der Waals surface area contributed by atoms with Gasteiger partial charge in [-0.1, -0.05) is 18.2 Å². The van der Waals surface area contributed by atoms with Crippen LogP contribution in [0.3, 0.4) is 0 Å². The average molecular weight is 373 g/mol. The Morgan fingerprint density at radius 2 is 1.96 bits per heavy atom. The molecule has 6 nitrogen and oxygen atoms in total. The molecule has 0 saturated carbocycles. The zero-order valence-electron chi connectivity index (χ0n) is 14.7. The molecule has 0 heterocycles. The van der Waals surface area contributed by atoms with E-state index in [1.54, 1.807) is 31.4 Å². The fraction of sp³-hybridized carbons (Fsp3) is 0.263. The molecule has 0 spiro atoms. The number of carbonyl (C=O) groups excluding carboxylic acids is 2. The second kappa shape index (κ2) is 10.5. The molecule has 2 amide bonds. The van der Waals surface area contributed by atoms with Crippen LogP contribution in [0.5, 0.6) is 5.75 Å². The Bertz CT molecular complexity index is 752. The minimum Gasteiger partial charge on any atom is -0.497 e. The molecule has 0 atom stereocenters. The van der Waals surface area contributed by atoms with Crippen LogP contribution < -0.4 is 21.1 Å². The number of anilines is 1. The molecule has 2 aromatic rings. The number of methoxy groups -OCH3 is 1. The molecule has 0 aliphatic rings. The van der Waals surface area contributed by atoms with Crippen LogP contribution in [0.25, 0.3) is 0 Å². The van der Waals surface area contributed by atoms with Crippen LogP contribution in [0.1, 0.15) is 16.8 Å². The molecule has 0 radical (unpaired) electrons. The first-order valence-electron chi connectivity index (χ1n) is 8.28. The fourth-order valence-electron chi connectivity index (χ4n) is 2.22. The summed E-state index contributed by atoms with van der Waals surface area (Å²) in [5.41, 5.74) is 6.67. The van der Waals surface area contributed by atoms with Gasteiger partial charge >= 0.3 is 0 Å². The van der Waals surface area contributed by atoms with E-state index in [2.05, 4.69) is 10.6 Å². The number of nitrogens with one attached hydrogen (secondary N) is 2. The van der Waals surface area contributed by atoms with Gasteiger partial charge in [0.25, 0.3) is 5.91 Å². The van der Waals surface area contributed by atoms with Crippen LogP contribution in [-0.2, 0) is 4.79 Å². The highest BCUT2D eigenvalue weighted by atomic mass is 32.2. The first-order valence-corrected chi connectivity index (χ1v) is 9.26. The summed E-state index contributed by atoms with van der Waals surface area (Å²) in [7, 11) is 1.58. The SMILES string of the molecule is COc1cccc(NC(=O)CSc2ccccc2C(=O)NCCCN)c1. The van der Waals surface area contributed by atoms with Crippen molar-refractivity contribution in [2.24, 2.45) is 5.73 Å². The lowest BCUT2D eigenvalue weighted by molar-refractivity contribution is -0.113. The van der Waals surface area contributed by atoms with E-state index < -0.39 is 0 Å². The van der Waals surface area contributed by atoms with Gasteiger partial charge in [0, 0.05) is 23.2 Å². The van der Waals surface area contributed by atoms with Crippen molar-refractivity contribution in [3.63, 3.8) is 0 Å². The molecule has 0 fully saturated rings. The Labute approximate surface area is 157 Å². The molecule has 0 aromatic heterocycles. The number of benzene rings is 2. The molecular formula is C19H23N3O3S. The van der Waals surface area contributed by atoms with Crippen LogP contribution in [0.15, 0.2) is 53.4 Å². The van der Waals surface area contributed by atoms with Crippen LogP contribution in [0.4, 0.5) is 5.69 Å². The minimum absolute atomic E-state index is 0.151. The summed E-state index contributed by atoms with van der Waals surface area (Å²) in [6.07, 6.45) is 0.726. The quantitative estimate of drug-likeness (QED) is 0.464. The van der Waals surface area contributed by atoms with Crippen molar-refractivity contribution in [1.82, 2.24) is 5.32 Å². The number of ether oxygens (including phenoxy) is 1. The van der Waals surface area contributed by atoms with E-state index in [-0.39, 0.29) is 17.6 Å². The predicted molar refractivity (Wildman–Crippen MR) is 105 cm³/mol. The fourth-order valence-corrected chi connectivity index (χ4v) is 3.07. The third kappa shape index (κ3) is 6.09. The van der Waals surface area contributed by atoms with E-state index in [1.807, 2.05) is 24.3 Å². The summed E-state index contributed by atoms with van der Waals surface area (Å²) in [5.74, 6) is 0.566. The van der Waals surface area contributed by atoms with E-state index in [1.165, 1.54) is 11.8 Å². The minimum atomic E-state index is -0.158. The average Bonchev–Trinajstić information content (AvgIpc) is 2.67. The normalized spacial score (nSPS) is 10.2. The molecular weight excluding hydrogens is 350 g/mol. The largest absolute Gasteiger partial charge is 0.497 e. The summed E-state index contributed by atoms with van der Waals surface area (Å²) in [6.45, 7) is 1.06. The van der Waals surface area contributed by atoms with Crippen LogP contribution >= 0.6 is 11.8 Å². The van der Waals surface area contributed by atoms with Gasteiger partial charge in [0.1, 0.15) is 5.75 Å². The summed E-state index contributed by atoms with van der Waals surface area (Å²) in [4.78, 5) is 25.2. The molecule has 2 rings (SSSR count). The molecule has 26 heavy (non-hydrogen) atoms. The third-order valence-corrected chi connectivity index (χ3v) is 4.58. The third-order valence-electron chi connectivity index (χ3n) is 3.51. The molecule has 0 unspecified atom stereocenters. The molecule has 0 bridgehead atoms. The van der Waals surface area contributed by atoms with Gasteiger partial charge in [-0.25, -0.2) is 0 Å². The van der Waals surface area contributed by atoms with Gasteiger partial charge in [0.15, 0.2) is 0 Å². The molecule has 4 N–H and O–H groups in total. The lowest BCUT2D eigenvalue weighted by Crippen LogP contribution is -2.26. The second-order valence-corrected chi connectivity index (χ2v) is 6.48. The van der Waals surface area contributed by atoms with Crippen molar-refractivity contribution in [2.45, 2.75) is 11.3 Å². The van der Waals surface area contributed by atoms with Crippen LogP contribution in [0.2, 0.25) is 0 Å². The van der Waals surface area contributed by atoms with E-state index in [0.29, 0.717) is 30.1 Å². The zero-order valence-corrected chi connectivity index (χ0v) is 15.5. The lowest BCUT2D eigenvalue weighted by Gasteiger charge is -2.10. The number of hydrogen-bond donors (Lipinski definition) is 3. The summed E-state index contributed by atoms with van der Waals surface area (Å²) in [5, 5.41) is 5.66. The summed E-state index contributed by atoms with van der Waals surface area (Å²) in [6, 6.07) is 14.4. The molecule has 0 aliphatic carbocycles. The second-order valence-electron chi connectivity index (χ2n) is 5.46. The summed E-state index contributed by atoms with van der Waals surface area (Å²) < 4.78 is 5.14. The maximum atomic E-state index is 12.3. The van der Waals surface area contributed by atoms with Gasteiger partial charge in [-0.2, -0.15) is 0 Å². The van der Waals surface area contributed by atoms with Crippen molar-refractivity contribution < 1.29 is 14.3 Å². The molecule has 0 aliphatic heterocycles. The number of rotatable bonds is 9. The van der Waals surface area contributed by atoms with Gasteiger partial charge in [-0.3, -0.25) is 9.59 Å². The van der Waals surface area contributed by atoms with Crippen LogP contribution in [-0.4, -0.2) is 37.8 Å². The van der Waals surface area contributed by atoms with Crippen molar-refractivity contribution in [2.75, 3.05) is 31.3 Å². The first-order chi connectivity index (χ1) is 12.6. The van der Waals surface area contributed by atoms with Gasteiger partial charge in [-0.15, -0.1) is 11.8 Å². The topological polar surface area (TPSA) is 93.4 Å². The number of hydrogen-bond acceptors (Lipinski definition) is 5. The van der Waals surface area contributed by atoms with Crippen molar-refractivity contribution in [3.8, 4) is 5.75 Å². The maximum Gasteiger partial charge on any atom is 0.252 e. The molecule has 7 heteroatoms. The van der Waals surface area contributed by atoms with Gasteiger partial charge in [0.05, 0.1) is 18.4 Å². The molecule has 2 aromatic carbocycles. The Kier molecular flexibility index (Phi) is 7.98. The van der Waals surface area contributed by atoms with Crippen molar-refractivity contribution in [3.05, 3.63) is 54.1 Å². The highest BCUT2D eigenvalue weighted by Crippen LogP contribution is 2.23. The highest BCUT2D eigenvalue weighted by Gasteiger charge is 2.12. The standard InChI is InChI=1S/C19H23N3O3S/c1-25-15-7-4-6-14(12-15)22-18(23)13-26-17-9-3-2-8-16(17)19(24)21-11-5-10-20/h2-4,6-9,12H,5,10-11,13,20H2,1H3,(H,21,24)(H,22,23). The Morgan fingerprint density at radius 1 is 1.15 bits per heavy atom. The Balaban J connectivity index is 1.94. The number of thioether (sulfide) groups is 1. The van der Waals surface area contributed by atoms with E-state index in [9.17, 15) is 9.59 Å². The van der Waals surface area contributed by atoms with Gasteiger partial charge < -0.3 is 21.1 Å². The highest BCUT2D eigenvalue weighted by molar-refractivity contribution is 8.00. The number of amides is 2. The van der Waals surface area contributed by atoms with E-state index in [4.69, 9.17) is 10.5 Å². The smallest absolute Gasteiger partial charge is 0.252 e. The first kappa shape index (κ1) is 19.8. The van der Waals surface area contributed by atoms with Crippen molar-refractivity contribution >= 4 is 29.3 Å². The summed E-state index contributed by atoms with van der Waals surface area (Å²) >= 11 is 1.32. The number of nitrogens with two attached hydrogens (primary N) is 1. The van der Waals surface area contributed by atoms with Gasteiger partial charge in [-0.05, 0) is 37.2 Å². The maximum absolute atomic E-state index is 12.3. The Hall–Kier alpha value is -2.51. The Morgan fingerprint density at radius 3 is 2.73 bits per heavy atom. The monoisotopic (exact) mass is 373 g/mol. The molecule has 138 valence electrons. The van der Waals surface area contributed by atoms with Crippen molar-refractivity contribution in [1.29, 1.82) is 0 Å². The zero-order chi connectivity index (χ0) is 18.8. The van der Waals surface area contributed by atoms with E-state index in [0.717, 1.165) is 11.3 Å².